The van der Waals surface area contributed by atoms with Crippen LogP contribution in [-0.4, -0.2) is 12.6 Å². The van der Waals surface area contributed by atoms with Gasteiger partial charge in [0.15, 0.2) is 0 Å². The SMILES string of the molecule is C=C(C)c1cccc(C(C)NC(=O)NCCCC)c1. The minimum Gasteiger partial charge on any atom is -0.338 e. The van der Waals surface area contributed by atoms with Crippen molar-refractivity contribution in [3.05, 3.63) is 42.0 Å². The van der Waals surface area contributed by atoms with Crippen molar-refractivity contribution >= 4 is 11.6 Å². The van der Waals surface area contributed by atoms with Gasteiger partial charge in [-0.25, -0.2) is 4.79 Å². The van der Waals surface area contributed by atoms with Gasteiger partial charge in [-0.2, -0.15) is 0 Å². The molecule has 0 fully saturated rings. The third kappa shape index (κ3) is 5.16. The number of hydrogen-bond acceptors (Lipinski definition) is 1. The summed E-state index contributed by atoms with van der Waals surface area (Å²) in [6, 6.07) is 7.98. The number of hydrogen-bond donors (Lipinski definition) is 2. The molecule has 1 aromatic carbocycles. The summed E-state index contributed by atoms with van der Waals surface area (Å²) in [5.41, 5.74) is 3.23. The van der Waals surface area contributed by atoms with Gasteiger partial charge in [0, 0.05) is 6.54 Å². The van der Waals surface area contributed by atoms with Crippen LogP contribution in [0.3, 0.4) is 0 Å². The van der Waals surface area contributed by atoms with Crippen LogP contribution in [0, 0.1) is 0 Å². The zero-order valence-corrected chi connectivity index (χ0v) is 12.1. The van der Waals surface area contributed by atoms with Crippen molar-refractivity contribution in [3.63, 3.8) is 0 Å². The molecule has 0 aliphatic carbocycles. The van der Waals surface area contributed by atoms with Crippen molar-refractivity contribution in [1.29, 1.82) is 0 Å². The molecule has 3 heteroatoms. The van der Waals surface area contributed by atoms with Crippen LogP contribution in [0.15, 0.2) is 30.8 Å². The highest BCUT2D eigenvalue weighted by Gasteiger charge is 2.09. The smallest absolute Gasteiger partial charge is 0.315 e. The van der Waals surface area contributed by atoms with Gasteiger partial charge in [0.25, 0.3) is 0 Å². The van der Waals surface area contributed by atoms with Crippen molar-refractivity contribution in [1.82, 2.24) is 10.6 Å². The summed E-state index contributed by atoms with van der Waals surface area (Å²) in [6.07, 6.45) is 2.09. The van der Waals surface area contributed by atoms with Gasteiger partial charge in [0.1, 0.15) is 0 Å². The van der Waals surface area contributed by atoms with E-state index in [1.54, 1.807) is 0 Å². The third-order valence-electron chi connectivity index (χ3n) is 3.04. The number of carbonyl (C=O) groups excluding carboxylic acids is 1. The molecule has 0 saturated carbocycles. The normalized spacial score (nSPS) is 11.7. The third-order valence-corrected chi connectivity index (χ3v) is 3.04. The highest BCUT2D eigenvalue weighted by atomic mass is 16.2. The number of allylic oxidation sites excluding steroid dienone is 1. The van der Waals surface area contributed by atoms with Crippen molar-refractivity contribution in [3.8, 4) is 0 Å². The average molecular weight is 260 g/mol. The molecule has 0 aromatic heterocycles. The largest absolute Gasteiger partial charge is 0.338 e. The second-order valence-corrected chi connectivity index (χ2v) is 4.88. The average Bonchev–Trinajstić information content (AvgIpc) is 2.39. The Kier molecular flexibility index (Phi) is 6.13. The topological polar surface area (TPSA) is 41.1 Å². The Morgan fingerprint density at radius 3 is 2.79 bits per heavy atom. The van der Waals surface area contributed by atoms with Gasteiger partial charge in [0.2, 0.25) is 0 Å². The van der Waals surface area contributed by atoms with Gasteiger partial charge >= 0.3 is 6.03 Å². The van der Waals surface area contributed by atoms with Crippen molar-refractivity contribution in [2.24, 2.45) is 0 Å². The molecule has 0 aliphatic heterocycles. The van der Waals surface area contributed by atoms with E-state index in [1.807, 2.05) is 32.0 Å². The van der Waals surface area contributed by atoms with Gasteiger partial charge in [-0.3, -0.25) is 0 Å². The zero-order chi connectivity index (χ0) is 14.3. The van der Waals surface area contributed by atoms with Gasteiger partial charge in [0.05, 0.1) is 6.04 Å². The Hall–Kier alpha value is -1.77. The molecule has 1 unspecified atom stereocenters. The summed E-state index contributed by atoms with van der Waals surface area (Å²) in [5, 5.41) is 5.80. The molecule has 1 rings (SSSR count). The predicted octanol–water partition coefficient (Wildman–Crippen LogP) is 3.88. The molecule has 0 heterocycles. The fourth-order valence-corrected chi connectivity index (χ4v) is 1.78. The Morgan fingerprint density at radius 2 is 2.16 bits per heavy atom. The maximum absolute atomic E-state index is 11.7. The number of rotatable bonds is 6. The number of benzene rings is 1. The monoisotopic (exact) mass is 260 g/mol. The van der Waals surface area contributed by atoms with E-state index >= 15 is 0 Å². The molecule has 0 aliphatic rings. The van der Waals surface area contributed by atoms with E-state index in [9.17, 15) is 4.79 Å². The molecule has 0 saturated heterocycles. The van der Waals surface area contributed by atoms with E-state index in [0.717, 1.165) is 36.1 Å². The lowest BCUT2D eigenvalue weighted by Crippen LogP contribution is -2.37. The molecule has 104 valence electrons. The lowest BCUT2D eigenvalue weighted by Gasteiger charge is -2.16. The molecule has 1 atom stereocenters. The van der Waals surface area contributed by atoms with E-state index < -0.39 is 0 Å². The van der Waals surface area contributed by atoms with Gasteiger partial charge in [-0.1, -0.05) is 43.7 Å². The molecule has 1 aromatic rings. The predicted molar refractivity (Wildman–Crippen MR) is 81.0 cm³/mol. The molecule has 0 radical (unpaired) electrons. The first-order valence-corrected chi connectivity index (χ1v) is 6.84. The van der Waals surface area contributed by atoms with Crippen LogP contribution in [0.5, 0.6) is 0 Å². The standard InChI is InChI=1S/C16H24N2O/c1-5-6-10-17-16(19)18-13(4)15-9-7-8-14(11-15)12(2)3/h7-9,11,13H,2,5-6,10H2,1,3-4H3,(H2,17,18,19). The fourth-order valence-electron chi connectivity index (χ4n) is 1.78. The van der Waals surface area contributed by atoms with Crippen molar-refractivity contribution < 1.29 is 4.79 Å². The van der Waals surface area contributed by atoms with Crippen LogP contribution >= 0.6 is 0 Å². The van der Waals surface area contributed by atoms with E-state index in [-0.39, 0.29) is 12.1 Å². The first kappa shape index (κ1) is 15.3. The zero-order valence-electron chi connectivity index (χ0n) is 12.1. The molecule has 0 spiro atoms. The second-order valence-electron chi connectivity index (χ2n) is 4.88. The number of unbranched alkanes of at least 4 members (excludes halogenated alkanes) is 1. The molecule has 2 N–H and O–H groups in total. The Morgan fingerprint density at radius 1 is 1.42 bits per heavy atom. The maximum Gasteiger partial charge on any atom is 0.315 e. The Balaban J connectivity index is 2.57. The summed E-state index contributed by atoms with van der Waals surface area (Å²) in [4.78, 5) is 11.7. The summed E-state index contributed by atoms with van der Waals surface area (Å²) in [7, 11) is 0. The second kappa shape index (κ2) is 7.62. The van der Waals surface area contributed by atoms with E-state index in [0.29, 0.717) is 0 Å². The molecule has 3 nitrogen and oxygen atoms in total. The highest BCUT2D eigenvalue weighted by molar-refractivity contribution is 5.74. The van der Waals surface area contributed by atoms with E-state index in [1.165, 1.54) is 0 Å². The molecule has 2 amide bonds. The lowest BCUT2D eigenvalue weighted by molar-refractivity contribution is 0.238. The summed E-state index contributed by atoms with van der Waals surface area (Å²) in [5.74, 6) is 0. The highest BCUT2D eigenvalue weighted by Crippen LogP contribution is 2.18. The molecular weight excluding hydrogens is 236 g/mol. The van der Waals surface area contributed by atoms with Crippen molar-refractivity contribution in [2.45, 2.75) is 39.7 Å². The van der Waals surface area contributed by atoms with Gasteiger partial charge in [-0.05, 0) is 37.5 Å². The quantitative estimate of drug-likeness (QED) is 0.749. The van der Waals surface area contributed by atoms with E-state index in [4.69, 9.17) is 0 Å². The maximum atomic E-state index is 11.7. The molecule has 19 heavy (non-hydrogen) atoms. The van der Waals surface area contributed by atoms with Crippen LogP contribution in [0.25, 0.3) is 5.57 Å². The minimum absolute atomic E-state index is 0.0130. The van der Waals surface area contributed by atoms with Gasteiger partial charge in [-0.15, -0.1) is 0 Å². The lowest BCUT2D eigenvalue weighted by atomic mass is 10.0. The summed E-state index contributed by atoms with van der Waals surface area (Å²) in [6.45, 7) is 10.7. The van der Waals surface area contributed by atoms with E-state index in [2.05, 4.69) is 30.2 Å². The van der Waals surface area contributed by atoms with Crippen LogP contribution in [0.4, 0.5) is 4.79 Å². The Labute approximate surface area is 116 Å². The first-order chi connectivity index (χ1) is 9.04. The minimum atomic E-state index is -0.110. The number of nitrogens with one attached hydrogen (secondary N) is 2. The van der Waals surface area contributed by atoms with Gasteiger partial charge < -0.3 is 10.6 Å². The molecular formula is C16H24N2O. The number of carbonyl (C=O) groups is 1. The number of urea groups is 1. The van der Waals surface area contributed by atoms with Crippen LogP contribution in [-0.2, 0) is 0 Å². The number of amides is 2. The van der Waals surface area contributed by atoms with Crippen LogP contribution in [0.2, 0.25) is 0 Å². The van der Waals surface area contributed by atoms with Crippen LogP contribution in [0.1, 0.15) is 50.8 Å². The Bertz CT molecular complexity index is 440. The summed E-state index contributed by atoms with van der Waals surface area (Å²) < 4.78 is 0. The first-order valence-electron chi connectivity index (χ1n) is 6.84. The van der Waals surface area contributed by atoms with Crippen molar-refractivity contribution in [2.75, 3.05) is 6.54 Å². The molecule has 0 bridgehead atoms. The summed E-state index contributed by atoms with van der Waals surface area (Å²) >= 11 is 0. The fraction of sp³-hybridized carbons (Fsp3) is 0.438. The van der Waals surface area contributed by atoms with Crippen LogP contribution < -0.4 is 10.6 Å².